The van der Waals surface area contributed by atoms with E-state index in [1.165, 1.54) is 24.1 Å². The second kappa shape index (κ2) is 9.53. The van der Waals surface area contributed by atoms with Gasteiger partial charge in [-0.1, -0.05) is 13.0 Å². The lowest BCUT2D eigenvalue weighted by molar-refractivity contribution is -0.121. The number of hydrogen-bond acceptors (Lipinski definition) is 5. The summed E-state index contributed by atoms with van der Waals surface area (Å²) in [5, 5.41) is 6.30. The van der Waals surface area contributed by atoms with E-state index < -0.39 is 0 Å². The van der Waals surface area contributed by atoms with Crippen molar-refractivity contribution >= 4 is 11.6 Å². The molecule has 1 amide bonds. The van der Waals surface area contributed by atoms with Gasteiger partial charge in [0.15, 0.2) is 0 Å². The zero-order valence-corrected chi connectivity index (χ0v) is 17.0. The first kappa shape index (κ1) is 20.1. The molecule has 1 aliphatic carbocycles. The van der Waals surface area contributed by atoms with Gasteiger partial charge in [0, 0.05) is 36.1 Å². The molecule has 0 saturated carbocycles. The quantitative estimate of drug-likeness (QED) is 0.733. The Morgan fingerprint density at radius 2 is 2.07 bits per heavy atom. The van der Waals surface area contributed by atoms with Crippen molar-refractivity contribution in [2.24, 2.45) is 0 Å². The predicted octanol–water partition coefficient (Wildman–Crippen LogP) is 3.22. The molecule has 1 atom stereocenters. The number of hydrogen-bond donors (Lipinski definition) is 2. The van der Waals surface area contributed by atoms with Crippen molar-refractivity contribution in [1.82, 2.24) is 15.3 Å². The van der Waals surface area contributed by atoms with Gasteiger partial charge in [-0.2, -0.15) is 0 Å². The van der Waals surface area contributed by atoms with E-state index >= 15 is 0 Å². The summed E-state index contributed by atoms with van der Waals surface area (Å²) < 4.78 is 5.24. The van der Waals surface area contributed by atoms with Crippen LogP contribution in [0.1, 0.15) is 49.0 Å². The van der Waals surface area contributed by atoms with Gasteiger partial charge >= 0.3 is 0 Å². The molecule has 3 rings (SSSR count). The number of carbonyl (C=O) groups excluding carboxylic acids is 1. The van der Waals surface area contributed by atoms with Crippen LogP contribution >= 0.6 is 0 Å². The largest absolute Gasteiger partial charge is 0.497 e. The summed E-state index contributed by atoms with van der Waals surface area (Å²) in [7, 11) is 1.63. The van der Waals surface area contributed by atoms with E-state index in [0.717, 1.165) is 35.8 Å². The number of anilines is 1. The van der Waals surface area contributed by atoms with Gasteiger partial charge in [-0.15, -0.1) is 0 Å². The molecule has 6 nitrogen and oxygen atoms in total. The van der Waals surface area contributed by atoms with Crippen LogP contribution in [0.2, 0.25) is 0 Å². The molecule has 0 saturated heterocycles. The third kappa shape index (κ3) is 5.00. The average Bonchev–Trinajstić information content (AvgIpc) is 2.72. The van der Waals surface area contributed by atoms with E-state index in [1.807, 2.05) is 31.2 Å². The molecule has 1 aromatic heterocycles. The van der Waals surface area contributed by atoms with Crippen molar-refractivity contribution in [1.29, 1.82) is 0 Å². The van der Waals surface area contributed by atoms with Crippen LogP contribution in [0.4, 0.5) is 5.69 Å². The Morgan fingerprint density at radius 1 is 1.25 bits per heavy atom. The molecule has 0 spiro atoms. The molecular formula is C22H30N4O2. The topological polar surface area (TPSA) is 76.1 Å². The van der Waals surface area contributed by atoms with Gasteiger partial charge in [-0.25, -0.2) is 9.97 Å². The number of nitrogens with zero attached hydrogens (tertiary/aromatic N) is 2. The molecule has 1 aromatic carbocycles. The van der Waals surface area contributed by atoms with Gasteiger partial charge < -0.3 is 15.4 Å². The standard InChI is InChI=1S/C22H30N4O2/c1-4-19(25-16-8-7-9-17(14-16)28-3)22(27)23-13-12-21-24-15(2)18-10-5-6-11-20(18)26-21/h7-9,14,19,25H,4-6,10-13H2,1-3H3,(H,23,27). The molecule has 0 radical (unpaired) electrons. The van der Waals surface area contributed by atoms with Crippen LogP contribution in [-0.2, 0) is 24.1 Å². The first-order chi connectivity index (χ1) is 13.6. The fraction of sp³-hybridized carbons (Fsp3) is 0.500. The minimum atomic E-state index is -0.293. The predicted molar refractivity (Wildman–Crippen MR) is 111 cm³/mol. The summed E-state index contributed by atoms with van der Waals surface area (Å²) in [5.41, 5.74) is 4.49. The summed E-state index contributed by atoms with van der Waals surface area (Å²) in [6, 6.07) is 7.31. The number of benzene rings is 1. The molecular weight excluding hydrogens is 352 g/mol. The highest BCUT2D eigenvalue weighted by Crippen LogP contribution is 2.22. The van der Waals surface area contributed by atoms with Gasteiger partial charge in [-0.05, 0) is 56.7 Å². The van der Waals surface area contributed by atoms with E-state index in [2.05, 4.69) is 22.5 Å². The van der Waals surface area contributed by atoms with Crippen molar-refractivity contribution in [3.63, 3.8) is 0 Å². The Balaban J connectivity index is 1.54. The van der Waals surface area contributed by atoms with E-state index in [0.29, 0.717) is 19.4 Å². The number of carbonyl (C=O) groups is 1. The molecule has 1 unspecified atom stereocenters. The maximum atomic E-state index is 12.6. The number of rotatable bonds is 8. The van der Waals surface area contributed by atoms with Crippen LogP contribution in [0.3, 0.4) is 0 Å². The average molecular weight is 383 g/mol. The van der Waals surface area contributed by atoms with Crippen molar-refractivity contribution in [2.45, 2.75) is 58.4 Å². The highest BCUT2D eigenvalue weighted by Gasteiger charge is 2.18. The van der Waals surface area contributed by atoms with Crippen LogP contribution in [0.5, 0.6) is 5.75 Å². The van der Waals surface area contributed by atoms with Crippen molar-refractivity contribution in [3.8, 4) is 5.75 Å². The van der Waals surface area contributed by atoms with Gasteiger partial charge in [-0.3, -0.25) is 4.79 Å². The highest BCUT2D eigenvalue weighted by molar-refractivity contribution is 5.84. The molecule has 2 aromatic rings. The third-order valence-electron chi connectivity index (χ3n) is 5.22. The molecule has 0 fully saturated rings. The first-order valence-corrected chi connectivity index (χ1v) is 10.1. The summed E-state index contributed by atoms with van der Waals surface area (Å²) >= 11 is 0. The van der Waals surface area contributed by atoms with E-state index in [9.17, 15) is 4.79 Å². The van der Waals surface area contributed by atoms with Gasteiger partial charge in [0.2, 0.25) is 5.91 Å². The smallest absolute Gasteiger partial charge is 0.242 e. The van der Waals surface area contributed by atoms with Crippen molar-refractivity contribution < 1.29 is 9.53 Å². The Hall–Kier alpha value is -2.63. The minimum Gasteiger partial charge on any atom is -0.497 e. The van der Waals surface area contributed by atoms with Crippen LogP contribution < -0.4 is 15.4 Å². The summed E-state index contributed by atoms with van der Waals surface area (Å²) in [5.74, 6) is 1.58. The Labute approximate surface area is 167 Å². The zero-order valence-electron chi connectivity index (χ0n) is 17.0. The fourth-order valence-electron chi connectivity index (χ4n) is 3.64. The molecule has 1 aliphatic rings. The van der Waals surface area contributed by atoms with Crippen LogP contribution in [-0.4, -0.2) is 35.6 Å². The lowest BCUT2D eigenvalue weighted by atomic mass is 9.95. The third-order valence-corrected chi connectivity index (χ3v) is 5.22. The molecule has 28 heavy (non-hydrogen) atoms. The number of methoxy groups -OCH3 is 1. The number of amides is 1. The van der Waals surface area contributed by atoms with Crippen molar-refractivity contribution in [2.75, 3.05) is 19.0 Å². The normalized spacial score (nSPS) is 14.1. The second-order valence-electron chi connectivity index (χ2n) is 7.24. The maximum absolute atomic E-state index is 12.6. The van der Waals surface area contributed by atoms with Crippen LogP contribution in [0.25, 0.3) is 0 Å². The number of aryl methyl sites for hydroxylation is 2. The number of aromatic nitrogens is 2. The lowest BCUT2D eigenvalue weighted by Crippen LogP contribution is -2.40. The summed E-state index contributed by atoms with van der Waals surface area (Å²) in [6.07, 6.45) is 5.90. The number of nitrogens with one attached hydrogen (secondary N) is 2. The van der Waals surface area contributed by atoms with Crippen LogP contribution in [0, 0.1) is 6.92 Å². The highest BCUT2D eigenvalue weighted by atomic mass is 16.5. The SMILES string of the molecule is CCC(Nc1cccc(OC)c1)C(=O)NCCc1nc(C)c2c(n1)CCCC2. The lowest BCUT2D eigenvalue weighted by Gasteiger charge is -2.19. The molecule has 0 bridgehead atoms. The molecule has 6 heteroatoms. The molecule has 150 valence electrons. The molecule has 0 aliphatic heterocycles. The number of ether oxygens (including phenoxy) is 1. The number of fused-ring (bicyclic) bond motifs is 1. The first-order valence-electron chi connectivity index (χ1n) is 10.1. The Kier molecular flexibility index (Phi) is 6.85. The minimum absolute atomic E-state index is 0.0139. The fourth-order valence-corrected chi connectivity index (χ4v) is 3.64. The molecule has 1 heterocycles. The van der Waals surface area contributed by atoms with Crippen LogP contribution in [0.15, 0.2) is 24.3 Å². The van der Waals surface area contributed by atoms with E-state index in [4.69, 9.17) is 9.72 Å². The summed E-state index contributed by atoms with van der Waals surface area (Å²) in [4.78, 5) is 22.0. The van der Waals surface area contributed by atoms with E-state index in [-0.39, 0.29) is 11.9 Å². The maximum Gasteiger partial charge on any atom is 0.242 e. The van der Waals surface area contributed by atoms with Gasteiger partial charge in [0.1, 0.15) is 17.6 Å². The van der Waals surface area contributed by atoms with Gasteiger partial charge in [0.05, 0.1) is 7.11 Å². The Morgan fingerprint density at radius 3 is 2.86 bits per heavy atom. The molecule has 2 N–H and O–H groups in total. The second-order valence-corrected chi connectivity index (χ2v) is 7.24. The van der Waals surface area contributed by atoms with E-state index in [1.54, 1.807) is 7.11 Å². The zero-order chi connectivity index (χ0) is 19.9. The Bertz CT molecular complexity index is 822. The monoisotopic (exact) mass is 382 g/mol. The van der Waals surface area contributed by atoms with Crippen molar-refractivity contribution in [3.05, 3.63) is 47.0 Å². The summed E-state index contributed by atoms with van der Waals surface area (Å²) in [6.45, 7) is 4.60. The van der Waals surface area contributed by atoms with Gasteiger partial charge in [0.25, 0.3) is 0 Å².